The summed E-state index contributed by atoms with van der Waals surface area (Å²) in [6.07, 6.45) is 0.216. The number of hydrogen-bond acceptors (Lipinski definition) is 9. The topological polar surface area (TPSA) is 175 Å². The number of aromatic nitrogens is 4. The highest BCUT2D eigenvalue weighted by molar-refractivity contribution is 7.53. The summed E-state index contributed by atoms with van der Waals surface area (Å²) in [6, 6.07) is 8.53. The Morgan fingerprint density at radius 1 is 1.32 bits per heavy atom. The average molecular weight is 552 g/mol. The van der Waals surface area contributed by atoms with E-state index in [4.69, 9.17) is 21.1 Å². The largest absolute Gasteiger partial charge is 0.464 e. The second-order valence-corrected chi connectivity index (χ2v) is 9.97. The molecule has 0 radical (unpaired) electrons. The van der Waals surface area contributed by atoms with Crippen LogP contribution in [0.3, 0.4) is 0 Å². The molecule has 13 nitrogen and oxygen atoms in total. The highest BCUT2D eigenvalue weighted by Gasteiger charge is 2.40. The van der Waals surface area contributed by atoms with Gasteiger partial charge in [0.1, 0.15) is 0 Å². The number of rotatable bonds is 9. The number of nitrogens with one attached hydrogen (secondary N) is 1. The molecular formula is C22H23ClN5O8P. The summed E-state index contributed by atoms with van der Waals surface area (Å²) >= 11 is 6.12. The van der Waals surface area contributed by atoms with E-state index in [9.17, 15) is 23.9 Å². The minimum Gasteiger partial charge on any atom is -0.464 e. The van der Waals surface area contributed by atoms with Gasteiger partial charge >= 0.3 is 13.6 Å². The average Bonchev–Trinajstić information content (AvgIpc) is 3.41. The van der Waals surface area contributed by atoms with Crippen molar-refractivity contribution in [3.8, 4) is 0 Å². The van der Waals surface area contributed by atoms with Crippen LogP contribution in [0.25, 0.3) is 11.2 Å². The number of hydrogen-bond donors (Lipinski definition) is 3. The molecule has 1 saturated heterocycles. The minimum atomic E-state index is -4.93. The Hall–Kier alpha value is -3.19. The monoisotopic (exact) mass is 551 g/mol. The molecule has 1 aromatic carbocycles. The van der Waals surface area contributed by atoms with Crippen LogP contribution in [0, 0.1) is 0 Å². The maximum absolute atomic E-state index is 12.6. The third kappa shape index (κ3) is 6.04. The summed E-state index contributed by atoms with van der Waals surface area (Å²) in [5, 5.41) is 2.54. The predicted octanol–water partition coefficient (Wildman–Crippen LogP) is 2.66. The molecule has 3 N–H and O–H groups in total. The van der Waals surface area contributed by atoms with E-state index in [2.05, 4.69) is 31.6 Å². The Bertz CT molecular complexity index is 1380. The fourth-order valence-electron chi connectivity index (χ4n) is 3.71. The zero-order valence-corrected chi connectivity index (χ0v) is 21.1. The lowest BCUT2D eigenvalue weighted by Gasteiger charge is -2.20. The van der Waals surface area contributed by atoms with Gasteiger partial charge < -0.3 is 29.3 Å². The molecule has 0 spiro atoms. The molecule has 37 heavy (non-hydrogen) atoms. The Morgan fingerprint density at radius 2 is 2.05 bits per heavy atom. The van der Waals surface area contributed by atoms with Crippen molar-refractivity contribution in [2.75, 3.05) is 18.5 Å². The number of imidazole rings is 1. The van der Waals surface area contributed by atoms with E-state index in [0.29, 0.717) is 11.1 Å². The third-order valence-corrected chi connectivity index (χ3v) is 6.45. The summed E-state index contributed by atoms with van der Waals surface area (Å²) in [4.78, 5) is 56.1. The number of esters is 1. The van der Waals surface area contributed by atoms with Crippen LogP contribution in [0.1, 0.15) is 29.9 Å². The van der Waals surface area contributed by atoms with Gasteiger partial charge in [-0.2, -0.15) is 9.97 Å². The van der Waals surface area contributed by atoms with Crippen molar-refractivity contribution >= 4 is 48.1 Å². The zero-order valence-electron chi connectivity index (χ0n) is 19.5. The smallest absolute Gasteiger partial charge is 0.365 e. The molecule has 0 unspecified atom stereocenters. The van der Waals surface area contributed by atoms with Crippen molar-refractivity contribution in [1.82, 2.24) is 19.5 Å². The van der Waals surface area contributed by atoms with Crippen molar-refractivity contribution in [3.63, 3.8) is 0 Å². The van der Waals surface area contributed by atoms with E-state index < -0.39 is 37.6 Å². The van der Waals surface area contributed by atoms with Crippen molar-refractivity contribution in [2.45, 2.75) is 31.5 Å². The molecule has 1 aliphatic rings. The second-order valence-electron chi connectivity index (χ2n) is 7.99. The summed E-state index contributed by atoms with van der Waals surface area (Å²) in [6.45, 7) is 5.13. The number of benzene rings is 1. The molecular weight excluding hydrogens is 529 g/mol. The number of halogens is 1. The molecule has 1 fully saturated rings. The van der Waals surface area contributed by atoms with Gasteiger partial charge in [-0.1, -0.05) is 24.8 Å². The van der Waals surface area contributed by atoms with Crippen molar-refractivity contribution < 1.29 is 38.2 Å². The first-order valence-corrected chi connectivity index (χ1v) is 13.1. The first-order chi connectivity index (χ1) is 17.6. The Labute approximate surface area is 215 Å². The van der Waals surface area contributed by atoms with Crippen LogP contribution in [0.15, 0.2) is 48.8 Å². The Morgan fingerprint density at radius 3 is 2.73 bits per heavy atom. The van der Waals surface area contributed by atoms with Crippen molar-refractivity contribution in [3.05, 3.63) is 59.7 Å². The van der Waals surface area contributed by atoms with Gasteiger partial charge in [0.05, 0.1) is 25.6 Å². The van der Waals surface area contributed by atoms with Gasteiger partial charge in [-0.25, -0.2) is 9.78 Å². The lowest BCUT2D eigenvalue weighted by molar-refractivity contribution is -0.154. The van der Waals surface area contributed by atoms with E-state index in [-0.39, 0.29) is 41.9 Å². The van der Waals surface area contributed by atoms with E-state index in [0.717, 1.165) is 0 Å². The lowest BCUT2D eigenvalue weighted by Crippen LogP contribution is -2.30. The zero-order chi connectivity index (χ0) is 26.7. The van der Waals surface area contributed by atoms with Crippen LogP contribution < -0.4 is 5.32 Å². The van der Waals surface area contributed by atoms with Gasteiger partial charge in [-0.3, -0.25) is 13.9 Å². The molecule has 4 rings (SSSR count). The van der Waals surface area contributed by atoms with Gasteiger partial charge in [-0.05, 0) is 36.2 Å². The molecule has 0 saturated carbocycles. The molecule has 2 aromatic heterocycles. The summed E-state index contributed by atoms with van der Waals surface area (Å²) < 4.78 is 29.1. The number of anilines is 1. The Balaban J connectivity index is 1.52. The van der Waals surface area contributed by atoms with Gasteiger partial charge in [-0.15, -0.1) is 0 Å². The lowest BCUT2D eigenvalue weighted by atomic mass is 10.1. The molecule has 3 heterocycles. The molecule has 3 atom stereocenters. The summed E-state index contributed by atoms with van der Waals surface area (Å²) in [7, 11) is -4.93. The highest BCUT2D eigenvalue weighted by Crippen LogP contribution is 2.43. The number of amides is 1. The quantitative estimate of drug-likeness (QED) is 0.154. The first kappa shape index (κ1) is 26.9. The standard InChI is InChI=1S/C22H23ClN5O8P/c1-3-34-20(30)21(37(31,32)33)35-10-14-9-12(2)19(36-14)28-11-24-15-16(26-22(23)27-17(15)28)25-18(29)13-7-5-4-6-8-13/h4-8,11,14,19,21H,2-3,9-10H2,1H3,(H2,31,32,33)(H,25,26,27,29)/t14-,19+,21+/m0/s1. The molecule has 0 aliphatic carbocycles. The van der Waals surface area contributed by atoms with Gasteiger partial charge in [0.25, 0.3) is 11.8 Å². The molecule has 15 heteroatoms. The van der Waals surface area contributed by atoms with Gasteiger partial charge in [0, 0.05) is 12.0 Å². The van der Waals surface area contributed by atoms with Crippen LogP contribution >= 0.6 is 19.2 Å². The SMILES string of the molecule is C=C1C[C@@H](CO[C@@H](C(=O)OCC)P(=O)(O)O)O[C@H]1n1cnc2c(NC(=O)c3ccccc3)nc(Cl)nc21. The molecule has 196 valence electrons. The highest BCUT2D eigenvalue weighted by atomic mass is 35.5. The van der Waals surface area contributed by atoms with Crippen LogP contribution in [0.4, 0.5) is 5.82 Å². The maximum Gasteiger partial charge on any atom is 0.365 e. The molecule has 0 bridgehead atoms. The van der Waals surface area contributed by atoms with Gasteiger partial charge in [0.15, 0.2) is 23.2 Å². The number of carbonyl (C=O) groups excluding carboxylic acids is 2. The second kappa shape index (κ2) is 11.1. The maximum atomic E-state index is 12.6. The van der Waals surface area contributed by atoms with E-state index >= 15 is 0 Å². The molecule has 1 aliphatic heterocycles. The third-order valence-electron chi connectivity index (χ3n) is 5.31. The van der Waals surface area contributed by atoms with E-state index in [1.807, 2.05) is 0 Å². The normalized spacial score (nSPS) is 18.6. The molecule has 3 aromatic rings. The fourth-order valence-corrected chi connectivity index (χ4v) is 4.51. The molecule has 1 amide bonds. The number of carbonyl (C=O) groups is 2. The van der Waals surface area contributed by atoms with E-state index in [1.54, 1.807) is 30.3 Å². The minimum absolute atomic E-state index is 0.0661. The van der Waals surface area contributed by atoms with Crippen molar-refractivity contribution in [1.29, 1.82) is 0 Å². The first-order valence-electron chi connectivity index (χ1n) is 11.0. The fraction of sp³-hybridized carbons (Fsp3) is 0.318. The predicted molar refractivity (Wildman–Crippen MR) is 131 cm³/mol. The van der Waals surface area contributed by atoms with Crippen LogP contribution in [0.2, 0.25) is 5.28 Å². The van der Waals surface area contributed by atoms with Crippen LogP contribution in [-0.4, -0.2) is 66.3 Å². The number of nitrogens with zero attached hydrogens (tertiary/aromatic N) is 4. The number of ether oxygens (including phenoxy) is 3. The van der Waals surface area contributed by atoms with E-state index in [1.165, 1.54) is 17.8 Å². The van der Waals surface area contributed by atoms with Crippen LogP contribution in [-0.2, 0) is 23.6 Å². The van der Waals surface area contributed by atoms with Gasteiger partial charge in [0.2, 0.25) is 5.28 Å². The Kier molecular flexibility index (Phi) is 8.02. The summed E-state index contributed by atoms with van der Waals surface area (Å²) in [5.74, 6) is -3.54. The van der Waals surface area contributed by atoms with Crippen LogP contribution in [0.5, 0.6) is 0 Å². The number of fused-ring (bicyclic) bond motifs is 1. The van der Waals surface area contributed by atoms with Crippen molar-refractivity contribution in [2.24, 2.45) is 0 Å². The summed E-state index contributed by atoms with van der Waals surface area (Å²) in [5.41, 5.74) is 1.52.